The van der Waals surface area contributed by atoms with E-state index in [4.69, 9.17) is 9.47 Å². The van der Waals surface area contributed by atoms with Crippen LogP contribution in [0.5, 0.6) is 0 Å². The van der Waals surface area contributed by atoms with E-state index in [9.17, 15) is 14.7 Å². The van der Waals surface area contributed by atoms with Crippen molar-refractivity contribution < 1.29 is 24.2 Å². The number of unbranched alkanes of at least 4 members (excludes halogenated alkanes) is 20. The molecule has 0 aromatic heterocycles. The molecule has 0 radical (unpaired) electrons. The topological polar surface area (TPSA) is 72.8 Å². The fourth-order valence-corrected chi connectivity index (χ4v) is 7.80. The molecular weight excluding hydrogens is 885 g/mol. The molecule has 5 nitrogen and oxygen atoms in total. The van der Waals surface area contributed by atoms with Gasteiger partial charge in [0.05, 0.1) is 6.61 Å². The van der Waals surface area contributed by atoms with Crippen molar-refractivity contribution in [3.63, 3.8) is 0 Å². The van der Waals surface area contributed by atoms with Crippen molar-refractivity contribution in [2.24, 2.45) is 0 Å². The molecule has 5 heteroatoms. The zero-order chi connectivity index (χ0) is 52.0. The molecule has 0 aliphatic heterocycles. The van der Waals surface area contributed by atoms with Crippen LogP contribution in [0.15, 0.2) is 146 Å². The molecule has 0 fully saturated rings. The minimum atomic E-state index is -0.787. The van der Waals surface area contributed by atoms with Crippen molar-refractivity contribution in [3.05, 3.63) is 146 Å². The van der Waals surface area contributed by atoms with Crippen molar-refractivity contribution in [2.45, 2.75) is 251 Å². The van der Waals surface area contributed by atoms with Crippen molar-refractivity contribution in [1.29, 1.82) is 0 Å². The summed E-state index contributed by atoms with van der Waals surface area (Å²) in [6.45, 7) is 3.91. The van der Waals surface area contributed by atoms with E-state index in [2.05, 4.69) is 160 Å². The van der Waals surface area contributed by atoms with Gasteiger partial charge in [-0.1, -0.05) is 262 Å². The summed E-state index contributed by atoms with van der Waals surface area (Å²) in [6, 6.07) is 0. The maximum Gasteiger partial charge on any atom is 0.306 e. The lowest BCUT2D eigenvalue weighted by Crippen LogP contribution is -2.28. The Balaban J connectivity index is 3.56. The number of rotatable bonds is 52. The second kappa shape index (κ2) is 61.1. The van der Waals surface area contributed by atoms with Crippen LogP contribution in [0.3, 0.4) is 0 Å². The van der Waals surface area contributed by atoms with Gasteiger partial charge in [0.15, 0.2) is 6.10 Å². The minimum Gasteiger partial charge on any atom is -0.462 e. The molecule has 0 saturated heterocycles. The Hall–Kier alpha value is -4.22. The van der Waals surface area contributed by atoms with Crippen LogP contribution in [0.1, 0.15) is 245 Å². The highest BCUT2D eigenvalue weighted by molar-refractivity contribution is 5.70. The van der Waals surface area contributed by atoms with Crippen molar-refractivity contribution in [1.82, 2.24) is 0 Å². The quantitative estimate of drug-likeness (QED) is 0.0373. The molecule has 1 atom stereocenters. The normalized spacial score (nSPS) is 13.3. The van der Waals surface area contributed by atoms with E-state index < -0.39 is 6.10 Å². The Labute approximate surface area is 444 Å². The lowest BCUT2D eigenvalue weighted by atomic mass is 10.0. The minimum absolute atomic E-state index is 0.0783. The Morgan fingerprint density at radius 3 is 0.833 bits per heavy atom. The summed E-state index contributed by atoms with van der Waals surface area (Å²) in [7, 11) is 0. The van der Waals surface area contributed by atoms with E-state index in [1.54, 1.807) is 0 Å². The number of esters is 2. The smallest absolute Gasteiger partial charge is 0.306 e. The van der Waals surface area contributed by atoms with Crippen LogP contribution in [-0.4, -0.2) is 36.4 Å². The Morgan fingerprint density at radius 2 is 0.556 bits per heavy atom. The Morgan fingerprint density at radius 1 is 0.319 bits per heavy atom. The van der Waals surface area contributed by atoms with Gasteiger partial charge in [0.2, 0.25) is 0 Å². The lowest BCUT2D eigenvalue weighted by Gasteiger charge is -2.15. The van der Waals surface area contributed by atoms with Gasteiger partial charge >= 0.3 is 11.9 Å². The number of aliphatic hydroxyl groups is 1. The predicted molar refractivity (Wildman–Crippen MR) is 315 cm³/mol. The van der Waals surface area contributed by atoms with Crippen molar-refractivity contribution >= 4 is 11.9 Å². The molecule has 0 rings (SSSR count). The molecule has 1 N–H and O–H groups in total. The van der Waals surface area contributed by atoms with E-state index in [1.807, 2.05) is 0 Å². The van der Waals surface area contributed by atoms with Crippen LogP contribution in [0.2, 0.25) is 0 Å². The molecular formula is C67H108O5. The molecule has 0 heterocycles. The number of hydrogen-bond acceptors (Lipinski definition) is 5. The van der Waals surface area contributed by atoms with Gasteiger partial charge in [-0.3, -0.25) is 9.59 Å². The fourth-order valence-electron chi connectivity index (χ4n) is 7.80. The largest absolute Gasteiger partial charge is 0.462 e. The molecule has 406 valence electrons. The van der Waals surface area contributed by atoms with Crippen LogP contribution in [0.4, 0.5) is 0 Å². The third-order valence-electron chi connectivity index (χ3n) is 12.1. The number of aliphatic hydroxyl groups excluding tert-OH is 1. The number of ether oxygens (including phenoxy) is 2. The molecule has 0 aliphatic rings. The van der Waals surface area contributed by atoms with E-state index in [0.29, 0.717) is 12.8 Å². The molecule has 1 unspecified atom stereocenters. The first-order valence-corrected chi connectivity index (χ1v) is 29.4. The van der Waals surface area contributed by atoms with Crippen molar-refractivity contribution in [2.75, 3.05) is 13.2 Å². The summed E-state index contributed by atoms with van der Waals surface area (Å²) in [6.07, 6.45) is 92.5. The zero-order valence-electron chi connectivity index (χ0n) is 46.4. The van der Waals surface area contributed by atoms with Gasteiger partial charge in [0.25, 0.3) is 0 Å². The highest BCUT2D eigenvalue weighted by Crippen LogP contribution is 2.15. The molecule has 0 amide bonds. The van der Waals surface area contributed by atoms with E-state index >= 15 is 0 Å². The second-order valence-corrected chi connectivity index (χ2v) is 19.0. The fraction of sp³-hybridized carbons (Fsp3) is 0.612. The number of carbonyl (C=O) groups excluding carboxylic acids is 2. The molecule has 0 aromatic carbocycles. The SMILES string of the molecule is CC/C=C\C/C=C\C/C=C\C/C=C\C/C=C\C/C=C\C/C=C\C/C=C\CCCCCCCCCCCCCCC(=O)OC(CO)COC(=O)CCCCCCCCCC/C=C\C/C=C\C/C=C\C/C=C\CC. The zero-order valence-corrected chi connectivity index (χ0v) is 46.4. The Kier molecular flexibility index (Phi) is 57.5. The van der Waals surface area contributed by atoms with E-state index in [1.165, 1.54) is 96.3 Å². The van der Waals surface area contributed by atoms with Crippen LogP contribution >= 0.6 is 0 Å². The van der Waals surface area contributed by atoms with Crippen LogP contribution in [0, 0.1) is 0 Å². The highest BCUT2D eigenvalue weighted by atomic mass is 16.6. The average Bonchev–Trinajstić information content (AvgIpc) is 3.38. The first-order valence-electron chi connectivity index (χ1n) is 29.4. The highest BCUT2D eigenvalue weighted by Gasteiger charge is 2.16. The molecule has 0 aromatic rings. The van der Waals surface area contributed by atoms with E-state index in [-0.39, 0.29) is 25.2 Å². The number of hydrogen-bond donors (Lipinski definition) is 1. The molecule has 0 aliphatic carbocycles. The predicted octanol–water partition coefficient (Wildman–Crippen LogP) is 20.2. The number of allylic oxidation sites excluding steroid dienone is 24. The Bertz CT molecular complexity index is 1540. The van der Waals surface area contributed by atoms with Gasteiger partial charge < -0.3 is 14.6 Å². The summed E-state index contributed by atoms with van der Waals surface area (Å²) in [4.78, 5) is 24.5. The summed E-state index contributed by atoms with van der Waals surface area (Å²) in [5.74, 6) is -0.608. The van der Waals surface area contributed by atoms with Crippen molar-refractivity contribution in [3.8, 4) is 0 Å². The summed E-state index contributed by atoms with van der Waals surface area (Å²) in [5.41, 5.74) is 0. The van der Waals surface area contributed by atoms with Crippen LogP contribution in [0.25, 0.3) is 0 Å². The first-order chi connectivity index (χ1) is 35.6. The average molecular weight is 994 g/mol. The summed E-state index contributed by atoms with van der Waals surface area (Å²) >= 11 is 0. The standard InChI is InChI=1S/C67H108O5/c1-3-5-7-9-11-13-15-17-19-21-23-25-26-27-28-29-30-31-32-33-34-35-36-37-38-39-40-42-44-46-48-50-52-54-56-58-60-62-67(70)72-65(63-68)64-71-66(69)61-59-57-55-53-51-49-47-45-43-41-24-22-20-18-16-14-12-10-8-6-4-2/h5-8,11-14,17-20,23-25,27-28,30-31,33-34,36-37,41,65,68H,3-4,9-10,15-16,21-22,26,29,32,35,38-40,42-64H2,1-2H3/b7-5-,8-6-,13-11-,14-12-,19-17-,20-18-,25-23-,28-27-,31-30-,34-33-,37-36-,41-24-. The molecule has 0 bridgehead atoms. The van der Waals surface area contributed by atoms with Crippen LogP contribution in [-0.2, 0) is 19.1 Å². The van der Waals surface area contributed by atoms with Gasteiger partial charge in [-0.2, -0.15) is 0 Å². The van der Waals surface area contributed by atoms with Gasteiger partial charge in [0.1, 0.15) is 6.61 Å². The summed E-state index contributed by atoms with van der Waals surface area (Å²) < 4.78 is 10.7. The lowest BCUT2D eigenvalue weighted by molar-refractivity contribution is -0.161. The maximum absolute atomic E-state index is 12.3. The third kappa shape index (κ3) is 58.4. The van der Waals surface area contributed by atoms with Gasteiger partial charge in [0, 0.05) is 12.8 Å². The molecule has 0 spiro atoms. The number of carbonyl (C=O) groups is 2. The van der Waals surface area contributed by atoms with Gasteiger partial charge in [-0.25, -0.2) is 0 Å². The van der Waals surface area contributed by atoms with Crippen LogP contribution < -0.4 is 0 Å². The molecule has 72 heavy (non-hydrogen) atoms. The third-order valence-corrected chi connectivity index (χ3v) is 12.1. The van der Waals surface area contributed by atoms with Gasteiger partial charge in [-0.15, -0.1) is 0 Å². The monoisotopic (exact) mass is 993 g/mol. The molecule has 0 saturated carbocycles. The van der Waals surface area contributed by atoms with E-state index in [0.717, 1.165) is 122 Å². The summed E-state index contributed by atoms with van der Waals surface area (Å²) in [5, 5.41) is 9.66. The first kappa shape index (κ1) is 67.8. The maximum atomic E-state index is 12.3. The van der Waals surface area contributed by atoms with Gasteiger partial charge in [-0.05, 0) is 116 Å². The second-order valence-electron chi connectivity index (χ2n) is 19.0.